The third-order valence-electron chi connectivity index (χ3n) is 4.44. The minimum Gasteiger partial charge on any atom is -0.357 e. The lowest BCUT2D eigenvalue weighted by Gasteiger charge is -2.34. The SMILES string of the molecule is CCNC(=NCCCCN1CC(C)CC(C)C1)NC(C)CC.I. The van der Waals surface area contributed by atoms with Crippen LogP contribution < -0.4 is 10.6 Å². The molecular formula is C18H39IN4. The van der Waals surface area contributed by atoms with Crippen molar-refractivity contribution in [1.82, 2.24) is 15.5 Å². The van der Waals surface area contributed by atoms with Gasteiger partial charge in [-0.15, -0.1) is 24.0 Å². The van der Waals surface area contributed by atoms with Crippen LogP contribution in [0, 0.1) is 11.8 Å². The first kappa shape index (κ1) is 23.0. The van der Waals surface area contributed by atoms with Crippen LogP contribution in [0.15, 0.2) is 4.99 Å². The van der Waals surface area contributed by atoms with E-state index in [4.69, 9.17) is 0 Å². The zero-order valence-corrected chi connectivity index (χ0v) is 18.2. The van der Waals surface area contributed by atoms with E-state index in [1.165, 1.54) is 38.9 Å². The van der Waals surface area contributed by atoms with Crippen molar-refractivity contribution in [3.8, 4) is 0 Å². The molecule has 1 heterocycles. The molecule has 0 aliphatic carbocycles. The molecule has 1 saturated heterocycles. The summed E-state index contributed by atoms with van der Waals surface area (Å²) in [5.41, 5.74) is 0. The van der Waals surface area contributed by atoms with Gasteiger partial charge in [0.25, 0.3) is 0 Å². The second-order valence-corrected chi connectivity index (χ2v) is 7.13. The number of guanidine groups is 1. The molecule has 1 fully saturated rings. The summed E-state index contributed by atoms with van der Waals surface area (Å²) in [6.07, 6.45) is 4.95. The van der Waals surface area contributed by atoms with Crippen LogP contribution >= 0.6 is 24.0 Å². The molecule has 138 valence electrons. The quantitative estimate of drug-likeness (QED) is 0.263. The monoisotopic (exact) mass is 438 g/mol. The Labute approximate surface area is 161 Å². The molecule has 1 aliphatic heterocycles. The summed E-state index contributed by atoms with van der Waals surface area (Å²) < 4.78 is 0. The van der Waals surface area contributed by atoms with Gasteiger partial charge in [-0.3, -0.25) is 4.99 Å². The van der Waals surface area contributed by atoms with Gasteiger partial charge >= 0.3 is 0 Å². The van der Waals surface area contributed by atoms with E-state index in [1.807, 2.05) is 0 Å². The maximum Gasteiger partial charge on any atom is 0.191 e. The Kier molecular flexibility index (Phi) is 13.3. The van der Waals surface area contributed by atoms with Gasteiger partial charge in [0, 0.05) is 32.2 Å². The third-order valence-corrected chi connectivity index (χ3v) is 4.44. The first-order valence-electron chi connectivity index (χ1n) is 9.32. The number of halogens is 1. The van der Waals surface area contributed by atoms with Gasteiger partial charge in [0.1, 0.15) is 0 Å². The van der Waals surface area contributed by atoms with E-state index < -0.39 is 0 Å². The van der Waals surface area contributed by atoms with Crippen LogP contribution in [0.5, 0.6) is 0 Å². The zero-order chi connectivity index (χ0) is 16.4. The molecule has 5 heteroatoms. The fraction of sp³-hybridized carbons (Fsp3) is 0.944. The zero-order valence-electron chi connectivity index (χ0n) is 15.9. The summed E-state index contributed by atoms with van der Waals surface area (Å²) in [4.78, 5) is 7.33. The molecule has 0 aromatic carbocycles. The van der Waals surface area contributed by atoms with Crippen molar-refractivity contribution in [1.29, 1.82) is 0 Å². The minimum atomic E-state index is 0. The van der Waals surface area contributed by atoms with E-state index in [0.29, 0.717) is 6.04 Å². The molecule has 23 heavy (non-hydrogen) atoms. The van der Waals surface area contributed by atoms with Gasteiger partial charge in [-0.2, -0.15) is 0 Å². The molecule has 2 N–H and O–H groups in total. The average molecular weight is 438 g/mol. The smallest absolute Gasteiger partial charge is 0.191 e. The summed E-state index contributed by atoms with van der Waals surface area (Å²) in [6.45, 7) is 16.9. The molecule has 0 saturated carbocycles. The van der Waals surface area contributed by atoms with Gasteiger partial charge in [0.2, 0.25) is 0 Å². The van der Waals surface area contributed by atoms with E-state index >= 15 is 0 Å². The van der Waals surface area contributed by atoms with Crippen LogP contribution in [-0.2, 0) is 0 Å². The molecule has 1 rings (SSSR count). The summed E-state index contributed by atoms with van der Waals surface area (Å²) in [6, 6.07) is 0.481. The van der Waals surface area contributed by atoms with Crippen molar-refractivity contribution in [2.45, 2.75) is 66.3 Å². The number of likely N-dealkylation sites (tertiary alicyclic amines) is 1. The maximum atomic E-state index is 4.69. The normalized spacial score (nSPS) is 24.0. The maximum absolute atomic E-state index is 4.69. The van der Waals surface area contributed by atoms with Crippen molar-refractivity contribution < 1.29 is 0 Å². The lowest BCUT2D eigenvalue weighted by atomic mass is 9.92. The Hall–Kier alpha value is -0.0400. The Morgan fingerprint density at radius 2 is 1.83 bits per heavy atom. The molecule has 4 nitrogen and oxygen atoms in total. The molecule has 3 unspecified atom stereocenters. The second-order valence-electron chi connectivity index (χ2n) is 7.13. The van der Waals surface area contributed by atoms with Gasteiger partial charge in [0.15, 0.2) is 5.96 Å². The predicted molar refractivity (Wildman–Crippen MR) is 113 cm³/mol. The first-order chi connectivity index (χ1) is 10.5. The highest BCUT2D eigenvalue weighted by Crippen LogP contribution is 2.20. The highest BCUT2D eigenvalue weighted by Gasteiger charge is 2.20. The van der Waals surface area contributed by atoms with Crippen LogP contribution in [0.1, 0.15) is 60.3 Å². The van der Waals surface area contributed by atoms with Gasteiger partial charge in [0.05, 0.1) is 0 Å². The third kappa shape index (κ3) is 10.4. The summed E-state index contributed by atoms with van der Waals surface area (Å²) >= 11 is 0. The number of rotatable bonds is 8. The number of hydrogen-bond acceptors (Lipinski definition) is 2. The van der Waals surface area contributed by atoms with E-state index in [0.717, 1.165) is 37.3 Å². The molecular weight excluding hydrogens is 399 g/mol. The molecule has 0 radical (unpaired) electrons. The Morgan fingerprint density at radius 1 is 1.17 bits per heavy atom. The van der Waals surface area contributed by atoms with Crippen molar-refractivity contribution in [2.24, 2.45) is 16.8 Å². The van der Waals surface area contributed by atoms with Crippen LogP contribution in [0.25, 0.3) is 0 Å². The standard InChI is InChI=1S/C18H38N4.HI/c1-6-17(5)21-18(19-7-2)20-10-8-9-11-22-13-15(3)12-16(4)14-22;/h15-17H,6-14H2,1-5H3,(H2,19,20,21);1H. The van der Waals surface area contributed by atoms with Gasteiger partial charge in [-0.25, -0.2) is 0 Å². The second kappa shape index (κ2) is 13.3. The molecule has 0 aromatic heterocycles. The molecule has 0 amide bonds. The predicted octanol–water partition coefficient (Wildman–Crippen LogP) is 3.72. The fourth-order valence-corrected chi connectivity index (χ4v) is 3.27. The van der Waals surface area contributed by atoms with E-state index in [9.17, 15) is 0 Å². The summed E-state index contributed by atoms with van der Waals surface area (Å²) in [5.74, 6) is 2.70. The highest BCUT2D eigenvalue weighted by molar-refractivity contribution is 14.0. The topological polar surface area (TPSA) is 39.7 Å². The molecule has 0 bridgehead atoms. The van der Waals surface area contributed by atoms with E-state index in [-0.39, 0.29) is 24.0 Å². The van der Waals surface area contributed by atoms with Crippen LogP contribution in [0.2, 0.25) is 0 Å². The van der Waals surface area contributed by atoms with Gasteiger partial charge in [-0.05, 0) is 57.9 Å². The molecule has 0 spiro atoms. The number of aliphatic imine (C=N–C) groups is 1. The Morgan fingerprint density at radius 3 is 2.39 bits per heavy atom. The number of hydrogen-bond donors (Lipinski definition) is 2. The number of piperidine rings is 1. The first-order valence-corrected chi connectivity index (χ1v) is 9.32. The average Bonchev–Trinajstić information content (AvgIpc) is 2.45. The largest absolute Gasteiger partial charge is 0.357 e. The molecule has 3 atom stereocenters. The Bertz CT molecular complexity index is 312. The molecule has 0 aromatic rings. The number of nitrogens with zero attached hydrogens (tertiary/aromatic N) is 2. The summed E-state index contributed by atoms with van der Waals surface area (Å²) in [5, 5.41) is 6.78. The summed E-state index contributed by atoms with van der Waals surface area (Å²) in [7, 11) is 0. The van der Waals surface area contributed by atoms with Crippen LogP contribution in [0.3, 0.4) is 0 Å². The number of unbranched alkanes of at least 4 members (excludes halogenated alkanes) is 1. The van der Waals surface area contributed by atoms with Crippen LogP contribution in [-0.4, -0.2) is 49.6 Å². The lowest BCUT2D eigenvalue weighted by molar-refractivity contribution is 0.139. The fourth-order valence-electron chi connectivity index (χ4n) is 3.27. The van der Waals surface area contributed by atoms with E-state index in [1.54, 1.807) is 0 Å². The number of nitrogens with one attached hydrogen (secondary N) is 2. The lowest BCUT2D eigenvalue weighted by Crippen LogP contribution is -2.42. The Balaban J connectivity index is 0.00000484. The van der Waals surface area contributed by atoms with Crippen molar-refractivity contribution in [2.75, 3.05) is 32.7 Å². The highest BCUT2D eigenvalue weighted by atomic mass is 127. The molecule has 1 aliphatic rings. The van der Waals surface area contributed by atoms with E-state index in [2.05, 4.69) is 55.1 Å². The van der Waals surface area contributed by atoms with Gasteiger partial charge in [-0.1, -0.05) is 20.8 Å². The van der Waals surface area contributed by atoms with Gasteiger partial charge < -0.3 is 15.5 Å². The van der Waals surface area contributed by atoms with Crippen molar-refractivity contribution >= 4 is 29.9 Å². The minimum absolute atomic E-state index is 0. The van der Waals surface area contributed by atoms with Crippen molar-refractivity contribution in [3.05, 3.63) is 0 Å². The van der Waals surface area contributed by atoms with Crippen molar-refractivity contribution in [3.63, 3.8) is 0 Å². The van der Waals surface area contributed by atoms with Crippen LogP contribution in [0.4, 0.5) is 0 Å².